The van der Waals surface area contributed by atoms with Crippen LogP contribution in [-0.4, -0.2) is 49.3 Å². The third-order valence-corrected chi connectivity index (χ3v) is 14.6. The number of unbranched alkanes of at least 4 members (excludes halogenated alkanes) is 20. The highest BCUT2D eigenvalue weighted by molar-refractivity contribution is 7.47. The Hall–Kier alpha value is -4.63. The first-order valence-corrected chi connectivity index (χ1v) is 35.1. The van der Waals surface area contributed by atoms with Gasteiger partial charge in [0.2, 0.25) is 0 Å². The smallest absolute Gasteiger partial charge is 0.462 e. The fourth-order valence-corrected chi connectivity index (χ4v) is 9.48. The van der Waals surface area contributed by atoms with Gasteiger partial charge in [-0.1, -0.05) is 287 Å². The average molecular weight is 1200 g/mol. The topological polar surface area (TPSA) is 134 Å². The molecule has 2 atom stereocenters. The first kappa shape index (κ1) is 80.4. The highest BCUT2D eigenvalue weighted by Crippen LogP contribution is 2.43. The normalized spacial score (nSPS) is 14.1. The minimum Gasteiger partial charge on any atom is -0.462 e. The molecule has 0 fully saturated rings. The highest BCUT2D eigenvalue weighted by Gasteiger charge is 2.26. The second-order valence-corrected chi connectivity index (χ2v) is 23.0. The average Bonchev–Trinajstić information content (AvgIpc) is 3.52. The number of esters is 2. The van der Waals surface area contributed by atoms with Crippen molar-refractivity contribution >= 4 is 19.8 Å². The Morgan fingerprint density at radius 3 is 0.906 bits per heavy atom. The van der Waals surface area contributed by atoms with Gasteiger partial charge in [-0.15, -0.1) is 0 Å². The molecule has 0 aromatic carbocycles. The zero-order chi connectivity index (χ0) is 61.6. The van der Waals surface area contributed by atoms with Gasteiger partial charge in [0.05, 0.1) is 13.2 Å². The molecule has 0 saturated carbocycles. The lowest BCUT2D eigenvalue weighted by molar-refractivity contribution is -0.161. The molecule has 3 N–H and O–H groups in total. The van der Waals surface area contributed by atoms with Gasteiger partial charge in [-0.25, -0.2) is 4.57 Å². The molecule has 0 rings (SSSR count). The van der Waals surface area contributed by atoms with Gasteiger partial charge in [0, 0.05) is 19.4 Å². The Balaban J connectivity index is 3.99. The van der Waals surface area contributed by atoms with E-state index in [1.807, 2.05) is 0 Å². The van der Waals surface area contributed by atoms with Crippen molar-refractivity contribution in [3.8, 4) is 0 Å². The Bertz CT molecular complexity index is 2000. The maximum atomic E-state index is 12.8. The minimum atomic E-state index is -4.41. The highest BCUT2D eigenvalue weighted by atomic mass is 31.2. The number of carbonyl (C=O) groups is 2. The standard InChI is InChI=1S/C75H122NO8P/c1-3-5-7-9-11-13-15-17-19-21-23-25-27-29-31-33-35-36-38-40-42-44-46-48-50-52-54-56-58-60-62-64-66-68-75(78)84-73(72-83-85(79,80)82-70-69-76)71-81-74(77)67-65-63-61-59-57-55-53-51-49-47-45-43-41-39-37-34-32-30-28-26-24-22-20-18-16-14-12-10-8-6-4-2/h5-8,11-14,17-20,23-26,29-32,35-37,39-40,42-43,45,73H,3-4,9-10,15-16,21-22,27-28,33-34,38,41,44,46-72,76H2,1-2H3,(H,79,80)/b7-5-,8-6-,13-11-,14-12-,19-17-,20-18-,25-23-,26-24-,31-29-,32-30-,36-35-,39-37-,42-40-,45-43-. The first-order valence-electron chi connectivity index (χ1n) is 33.6. The lowest BCUT2D eigenvalue weighted by Crippen LogP contribution is -2.29. The molecule has 0 aliphatic heterocycles. The number of hydrogen-bond donors (Lipinski definition) is 2. The summed E-state index contributed by atoms with van der Waals surface area (Å²) in [5.74, 6) is -0.847. The quantitative estimate of drug-likeness (QED) is 0.0264. The summed E-state index contributed by atoms with van der Waals surface area (Å²) in [6, 6.07) is 0. The molecule has 0 radical (unpaired) electrons. The van der Waals surface area contributed by atoms with Crippen molar-refractivity contribution in [3.05, 3.63) is 170 Å². The van der Waals surface area contributed by atoms with Crippen LogP contribution in [0.15, 0.2) is 170 Å². The van der Waals surface area contributed by atoms with Gasteiger partial charge >= 0.3 is 19.8 Å². The largest absolute Gasteiger partial charge is 0.472 e. The number of phosphoric acid groups is 1. The molecule has 480 valence electrons. The Morgan fingerprint density at radius 2 is 0.612 bits per heavy atom. The Labute approximate surface area is 521 Å². The molecule has 2 unspecified atom stereocenters. The van der Waals surface area contributed by atoms with Crippen LogP contribution >= 0.6 is 7.82 Å². The molecule has 85 heavy (non-hydrogen) atoms. The van der Waals surface area contributed by atoms with Crippen molar-refractivity contribution in [2.24, 2.45) is 5.73 Å². The van der Waals surface area contributed by atoms with Crippen LogP contribution in [0, 0.1) is 0 Å². The van der Waals surface area contributed by atoms with Crippen LogP contribution in [0.1, 0.15) is 258 Å². The molecular formula is C75H122NO8P. The predicted octanol–water partition coefficient (Wildman–Crippen LogP) is 22.2. The number of phosphoric ester groups is 1. The predicted molar refractivity (Wildman–Crippen MR) is 366 cm³/mol. The van der Waals surface area contributed by atoms with Crippen LogP contribution in [0.25, 0.3) is 0 Å². The maximum absolute atomic E-state index is 12.8. The molecule has 0 aromatic rings. The lowest BCUT2D eigenvalue weighted by Gasteiger charge is -2.19. The van der Waals surface area contributed by atoms with E-state index in [-0.39, 0.29) is 32.6 Å². The number of rotatable bonds is 61. The summed E-state index contributed by atoms with van der Waals surface area (Å²) in [4.78, 5) is 35.4. The Morgan fingerprint density at radius 1 is 0.353 bits per heavy atom. The van der Waals surface area contributed by atoms with Gasteiger partial charge in [-0.3, -0.25) is 18.6 Å². The Kier molecular flexibility index (Phi) is 64.8. The van der Waals surface area contributed by atoms with E-state index < -0.39 is 32.5 Å². The van der Waals surface area contributed by atoms with Crippen LogP contribution in [0.5, 0.6) is 0 Å². The van der Waals surface area contributed by atoms with E-state index in [0.29, 0.717) is 6.42 Å². The molecule has 9 nitrogen and oxygen atoms in total. The van der Waals surface area contributed by atoms with Crippen LogP contribution in [0.2, 0.25) is 0 Å². The van der Waals surface area contributed by atoms with E-state index in [4.69, 9.17) is 24.3 Å². The zero-order valence-corrected chi connectivity index (χ0v) is 54.7. The minimum absolute atomic E-state index is 0.0436. The second-order valence-electron chi connectivity index (χ2n) is 21.6. The fraction of sp³-hybridized carbons (Fsp3) is 0.600. The molecule has 10 heteroatoms. The van der Waals surface area contributed by atoms with E-state index in [9.17, 15) is 19.0 Å². The van der Waals surface area contributed by atoms with Gasteiger partial charge in [-0.2, -0.15) is 0 Å². The third kappa shape index (κ3) is 68.4. The van der Waals surface area contributed by atoms with E-state index >= 15 is 0 Å². The van der Waals surface area contributed by atoms with Crippen LogP contribution < -0.4 is 5.73 Å². The van der Waals surface area contributed by atoms with E-state index in [1.54, 1.807) is 0 Å². The van der Waals surface area contributed by atoms with Crippen LogP contribution in [-0.2, 0) is 32.7 Å². The molecule has 0 aromatic heterocycles. The van der Waals surface area contributed by atoms with Crippen molar-refractivity contribution < 1.29 is 37.6 Å². The summed E-state index contributed by atoms with van der Waals surface area (Å²) in [7, 11) is -4.41. The summed E-state index contributed by atoms with van der Waals surface area (Å²) >= 11 is 0. The molecule has 0 aliphatic rings. The number of hydrogen-bond acceptors (Lipinski definition) is 8. The van der Waals surface area contributed by atoms with Crippen molar-refractivity contribution in [2.45, 2.75) is 264 Å². The van der Waals surface area contributed by atoms with Crippen molar-refractivity contribution in [3.63, 3.8) is 0 Å². The molecule has 0 heterocycles. The molecular weight excluding hydrogens is 1070 g/mol. The summed E-state index contributed by atoms with van der Waals surface area (Å²) in [6.07, 6.45) is 101. The zero-order valence-electron chi connectivity index (χ0n) is 53.8. The van der Waals surface area contributed by atoms with Crippen molar-refractivity contribution in [1.82, 2.24) is 0 Å². The van der Waals surface area contributed by atoms with E-state index in [1.165, 1.54) is 77.0 Å². The maximum Gasteiger partial charge on any atom is 0.472 e. The summed E-state index contributed by atoms with van der Waals surface area (Å²) in [6.45, 7) is 3.50. The third-order valence-electron chi connectivity index (χ3n) is 13.6. The lowest BCUT2D eigenvalue weighted by atomic mass is 10.0. The molecule has 0 bridgehead atoms. The molecule has 0 saturated heterocycles. The van der Waals surface area contributed by atoms with Gasteiger partial charge in [-0.05, 0) is 128 Å². The molecule has 0 aliphatic carbocycles. The van der Waals surface area contributed by atoms with Gasteiger partial charge in [0.25, 0.3) is 0 Å². The summed E-state index contributed by atoms with van der Waals surface area (Å²) < 4.78 is 33.2. The second kappa shape index (κ2) is 68.5. The van der Waals surface area contributed by atoms with Crippen molar-refractivity contribution in [2.75, 3.05) is 26.4 Å². The van der Waals surface area contributed by atoms with Gasteiger partial charge in [0.15, 0.2) is 6.10 Å². The number of ether oxygens (including phenoxy) is 2. The van der Waals surface area contributed by atoms with Crippen LogP contribution in [0.4, 0.5) is 0 Å². The number of carbonyl (C=O) groups excluding carboxylic acids is 2. The molecule has 0 amide bonds. The van der Waals surface area contributed by atoms with E-state index in [2.05, 4.69) is 184 Å². The fourth-order valence-electron chi connectivity index (χ4n) is 8.71. The number of nitrogens with two attached hydrogens (primary N) is 1. The first-order chi connectivity index (χ1) is 41.8. The van der Waals surface area contributed by atoms with Crippen LogP contribution in [0.3, 0.4) is 0 Å². The van der Waals surface area contributed by atoms with Gasteiger partial charge < -0.3 is 20.1 Å². The monoisotopic (exact) mass is 1200 g/mol. The molecule has 0 spiro atoms. The summed E-state index contributed by atoms with van der Waals surface area (Å²) in [5, 5.41) is 0. The van der Waals surface area contributed by atoms with E-state index in [0.717, 1.165) is 148 Å². The van der Waals surface area contributed by atoms with Crippen molar-refractivity contribution in [1.29, 1.82) is 0 Å². The SMILES string of the molecule is CC/C=C\C/C=C\C/C=C\C/C=C\C/C=C\C/C=C\C/C=C\CCCCCCCCCCCCCC(=O)OC(COC(=O)CCCCCCCCCCC/C=C\C/C=C\C/C=C\C/C=C\C/C=C\C/C=C\C/C=C\CC)COP(=O)(O)OCCN. The summed E-state index contributed by atoms with van der Waals surface area (Å²) in [5.41, 5.74) is 5.40. The van der Waals surface area contributed by atoms with Gasteiger partial charge in [0.1, 0.15) is 6.61 Å². The number of allylic oxidation sites excluding steroid dienone is 28.